The van der Waals surface area contributed by atoms with Crippen molar-refractivity contribution in [3.05, 3.63) is 118 Å². The molecular formula is C28H20FIN2O3S. The molecule has 0 spiro atoms. The Kier molecular flexibility index (Phi) is 5.80. The molecule has 0 saturated heterocycles. The number of fused-ring (bicyclic) bond motifs is 3. The zero-order valence-electron chi connectivity index (χ0n) is 19.2. The van der Waals surface area contributed by atoms with Crippen LogP contribution in [0.4, 0.5) is 4.39 Å². The topological polar surface area (TPSA) is 63.8 Å². The number of phenols is 1. The summed E-state index contributed by atoms with van der Waals surface area (Å²) in [4.78, 5) is 19.4. The van der Waals surface area contributed by atoms with Gasteiger partial charge in [0, 0.05) is 5.56 Å². The third kappa shape index (κ3) is 3.79. The first-order chi connectivity index (χ1) is 17.4. The maximum atomic E-state index is 13.8. The summed E-state index contributed by atoms with van der Waals surface area (Å²) in [6.07, 6.45) is 3.43. The number of aryl methyl sites for hydroxylation is 1. The number of allylic oxidation sites excluding steroid dienone is 1. The Hall–Kier alpha value is -3.24. The number of hydrogen-bond donors (Lipinski definition) is 1. The largest absolute Gasteiger partial charge is 0.504 e. The number of benzene rings is 3. The number of aromatic hydroxyl groups is 1. The van der Waals surface area contributed by atoms with E-state index < -0.39 is 0 Å². The minimum absolute atomic E-state index is 0.0689. The fraction of sp³-hybridized carbons (Fsp3) is 0.143. The van der Waals surface area contributed by atoms with Crippen molar-refractivity contribution < 1.29 is 14.2 Å². The number of ether oxygens (including phenoxy) is 1. The number of nitrogens with zero attached hydrogens (tertiary/aromatic N) is 2. The van der Waals surface area contributed by atoms with E-state index in [0.717, 1.165) is 40.8 Å². The van der Waals surface area contributed by atoms with Crippen LogP contribution >= 0.6 is 33.9 Å². The van der Waals surface area contributed by atoms with E-state index in [9.17, 15) is 14.3 Å². The molecule has 180 valence electrons. The lowest BCUT2D eigenvalue weighted by atomic mass is 9.83. The van der Waals surface area contributed by atoms with E-state index in [1.165, 1.54) is 36.1 Å². The van der Waals surface area contributed by atoms with Crippen LogP contribution in [0, 0.1) is 9.39 Å². The van der Waals surface area contributed by atoms with Gasteiger partial charge in [-0.3, -0.25) is 9.36 Å². The van der Waals surface area contributed by atoms with Crippen molar-refractivity contribution in [1.82, 2.24) is 4.57 Å². The molecule has 1 aliphatic carbocycles. The highest BCUT2D eigenvalue weighted by molar-refractivity contribution is 14.1. The van der Waals surface area contributed by atoms with Gasteiger partial charge >= 0.3 is 0 Å². The van der Waals surface area contributed by atoms with E-state index >= 15 is 0 Å². The minimum atomic E-state index is -0.359. The van der Waals surface area contributed by atoms with E-state index in [4.69, 9.17) is 9.73 Å². The zero-order valence-corrected chi connectivity index (χ0v) is 22.1. The smallest absolute Gasteiger partial charge is 0.271 e. The molecule has 1 atom stereocenters. The number of halogens is 2. The fourth-order valence-corrected chi connectivity index (χ4v) is 6.58. The van der Waals surface area contributed by atoms with Gasteiger partial charge < -0.3 is 9.84 Å². The highest BCUT2D eigenvalue weighted by Crippen LogP contribution is 2.41. The van der Waals surface area contributed by atoms with E-state index in [2.05, 4.69) is 12.1 Å². The number of aromatic nitrogens is 1. The Bertz CT molecular complexity index is 1740. The Morgan fingerprint density at radius 3 is 2.72 bits per heavy atom. The molecule has 6 rings (SSSR count). The molecular weight excluding hydrogens is 590 g/mol. The molecule has 2 aliphatic rings. The van der Waals surface area contributed by atoms with Crippen LogP contribution < -0.4 is 19.6 Å². The molecule has 2 heterocycles. The van der Waals surface area contributed by atoms with Crippen LogP contribution in [0.3, 0.4) is 0 Å². The highest BCUT2D eigenvalue weighted by Gasteiger charge is 2.32. The lowest BCUT2D eigenvalue weighted by Crippen LogP contribution is -2.38. The monoisotopic (exact) mass is 610 g/mol. The molecule has 1 aromatic heterocycles. The first-order valence-electron chi connectivity index (χ1n) is 11.4. The molecule has 4 aromatic rings. The molecule has 0 fully saturated rings. The molecule has 36 heavy (non-hydrogen) atoms. The summed E-state index contributed by atoms with van der Waals surface area (Å²) in [7, 11) is 1.49. The summed E-state index contributed by atoms with van der Waals surface area (Å²) < 4.78 is 22.0. The third-order valence-corrected chi connectivity index (χ3v) is 8.43. The minimum Gasteiger partial charge on any atom is -0.504 e. The van der Waals surface area contributed by atoms with Gasteiger partial charge in [-0.15, -0.1) is 0 Å². The molecule has 0 bridgehead atoms. The molecule has 1 N–H and O–H groups in total. The summed E-state index contributed by atoms with van der Waals surface area (Å²) in [5.41, 5.74) is 5.74. The molecule has 0 amide bonds. The number of methoxy groups -OCH3 is 1. The standard InChI is InChI=1S/C28H20FIN2O3S/c1-35-22-13-15(12-21(30)26(22)33)14-23-27(34)32-25(17-6-9-18(29)10-7-17)20-11-8-16-4-2-3-5-19(16)24(20)31-28(32)36-23/h2-7,9-10,12-14,25,33H,8,11H2,1H3/b23-14+/t25-/m0/s1. The quantitative estimate of drug-likeness (QED) is 0.340. The van der Waals surface area contributed by atoms with Gasteiger partial charge in [-0.25, -0.2) is 9.38 Å². The first kappa shape index (κ1) is 23.2. The molecule has 8 heteroatoms. The van der Waals surface area contributed by atoms with Gasteiger partial charge in [0.1, 0.15) is 5.82 Å². The number of thiazole rings is 1. The van der Waals surface area contributed by atoms with Gasteiger partial charge in [0.2, 0.25) is 0 Å². The van der Waals surface area contributed by atoms with Gasteiger partial charge in [0.05, 0.1) is 27.0 Å². The van der Waals surface area contributed by atoms with Gasteiger partial charge in [-0.05, 0) is 88.0 Å². The Morgan fingerprint density at radius 1 is 1.17 bits per heavy atom. The summed E-state index contributed by atoms with van der Waals surface area (Å²) in [6.45, 7) is 0. The van der Waals surface area contributed by atoms with Crippen molar-refractivity contribution in [2.24, 2.45) is 4.99 Å². The Labute approximate surface area is 223 Å². The Balaban J connectivity index is 1.61. The first-order valence-corrected chi connectivity index (χ1v) is 13.3. The Morgan fingerprint density at radius 2 is 1.94 bits per heavy atom. The average Bonchev–Trinajstić information content (AvgIpc) is 3.19. The van der Waals surface area contributed by atoms with E-state index in [0.29, 0.717) is 18.7 Å². The second-order valence-electron chi connectivity index (χ2n) is 8.72. The van der Waals surface area contributed by atoms with Crippen LogP contribution in [-0.4, -0.2) is 16.8 Å². The van der Waals surface area contributed by atoms with Gasteiger partial charge in [-0.2, -0.15) is 0 Å². The van der Waals surface area contributed by atoms with Crippen LogP contribution in [0.25, 0.3) is 11.8 Å². The summed E-state index contributed by atoms with van der Waals surface area (Å²) in [6, 6.07) is 17.8. The summed E-state index contributed by atoms with van der Waals surface area (Å²) in [5.74, 6) is 0.0989. The van der Waals surface area contributed by atoms with Crippen molar-refractivity contribution in [2.45, 2.75) is 18.9 Å². The van der Waals surface area contributed by atoms with E-state index in [1.54, 1.807) is 34.9 Å². The SMILES string of the molecule is COc1cc(/C=c2/sc3n(c2=O)[C@@H](c2ccc(F)cc2)C2=C(N=3)c3ccccc3CC2)cc(I)c1O. The number of hydrogen-bond acceptors (Lipinski definition) is 5. The predicted octanol–water partition coefficient (Wildman–Crippen LogP) is 4.78. The fourth-order valence-electron chi connectivity index (χ4n) is 4.95. The maximum Gasteiger partial charge on any atom is 0.271 e. The van der Waals surface area contributed by atoms with Crippen molar-refractivity contribution in [3.63, 3.8) is 0 Å². The van der Waals surface area contributed by atoms with Crippen LogP contribution in [0.5, 0.6) is 11.5 Å². The van der Waals surface area contributed by atoms with Crippen molar-refractivity contribution >= 4 is 45.7 Å². The molecule has 0 saturated carbocycles. The summed E-state index contributed by atoms with van der Waals surface area (Å²) >= 11 is 3.36. The van der Waals surface area contributed by atoms with Crippen LogP contribution in [-0.2, 0) is 6.42 Å². The predicted molar refractivity (Wildman–Crippen MR) is 147 cm³/mol. The zero-order chi connectivity index (χ0) is 25.0. The molecule has 0 radical (unpaired) electrons. The maximum absolute atomic E-state index is 13.8. The van der Waals surface area contributed by atoms with Crippen molar-refractivity contribution in [3.8, 4) is 11.5 Å². The van der Waals surface area contributed by atoms with Crippen molar-refractivity contribution in [1.29, 1.82) is 0 Å². The van der Waals surface area contributed by atoms with E-state index in [-0.39, 0.29) is 23.2 Å². The second kappa shape index (κ2) is 9.01. The molecule has 3 aromatic carbocycles. The second-order valence-corrected chi connectivity index (χ2v) is 10.9. The molecule has 1 aliphatic heterocycles. The van der Waals surface area contributed by atoms with Gasteiger partial charge in [-0.1, -0.05) is 47.7 Å². The summed E-state index contributed by atoms with van der Waals surface area (Å²) in [5, 5.41) is 10.2. The number of rotatable bonds is 3. The molecule has 0 unspecified atom stereocenters. The number of phenolic OH excluding ortho intramolecular Hbond substituents is 1. The average molecular weight is 610 g/mol. The van der Waals surface area contributed by atoms with Crippen LogP contribution in [0.2, 0.25) is 0 Å². The van der Waals surface area contributed by atoms with Crippen LogP contribution in [0.1, 0.15) is 34.7 Å². The lowest BCUT2D eigenvalue weighted by Gasteiger charge is -2.30. The highest BCUT2D eigenvalue weighted by atomic mass is 127. The van der Waals surface area contributed by atoms with Crippen molar-refractivity contribution in [2.75, 3.05) is 7.11 Å². The lowest BCUT2D eigenvalue weighted by molar-refractivity contribution is 0.371. The van der Waals surface area contributed by atoms with Gasteiger partial charge in [0.25, 0.3) is 5.56 Å². The third-order valence-electron chi connectivity index (χ3n) is 6.63. The normalized spacial score (nSPS) is 16.8. The van der Waals surface area contributed by atoms with E-state index in [1.807, 2.05) is 34.7 Å². The van der Waals surface area contributed by atoms with Crippen LogP contribution in [0.15, 0.2) is 76.0 Å². The van der Waals surface area contributed by atoms with Gasteiger partial charge in [0.15, 0.2) is 16.3 Å². The molecule has 5 nitrogen and oxygen atoms in total.